The first-order valence-corrected chi connectivity index (χ1v) is 10.9. The Balaban J connectivity index is 1.62. The molecule has 168 valence electrons. The second kappa shape index (κ2) is 9.00. The van der Waals surface area contributed by atoms with E-state index >= 15 is 0 Å². The molecular weight excluding hydrogens is 404 g/mol. The summed E-state index contributed by atoms with van der Waals surface area (Å²) in [4.78, 5) is 25.8. The number of nitrogens with zero attached hydrogens (tertiary/aromatic N) is 3. The van der Waals surface area contributed by atoms with Crippen LogP contribution >= 0.6 is 0 Å². The standard InChI is InChI=1S/C24H30N6O2/c1-15(17-7-8-17)28-23-20(24(25)32)12-27-30-13-19(10-21(23)30)18-6-4-5-16(9-18)11-26-22(31)14-29(2)3/h4-6,9-10,12-13,15,17,28H,7-8,11,14H2,1-3H3,(H2,25,32)(H,26,31)/t15-/m1/s1. The normalized spacial score (nSPS) is 14.5. The van der Waals surface area contributed by atoms with E-state index in [1.165, 1.54) is 19.0 Å². The van der Waals surface area contributed by atoms with Crippen molar-refractivity contribution in [3.05, 3.63) is 53.9 Å². The van der Waals surface area contributed by atoms with Crippen LogP contribution in [0, 0.1) is 5.92 Å². The molecule has 0 bridgehead atoms. The van der Waals surface area contributed by atoms with Crippen LogP contribution in [0.15, 0.2) is 42.7 Å². The van der Waals surface area contributed by atoms with E-state index in [4.69, 9.17) is 5.73 Å². The molecule has 0 spiro atoms. The maximum Gasteiger partial charge on any atom is 0.252 e. The maximum atomic E-state index is 12.0. The molecule has 0 aliphatic heterocycles. The second-order valence-electron chi connectivity index (χ2n) is 8.84. The number of primary amides is 1. The molecule has 3 aromatic rings. The fourth-order valence-corrected chi connectivity index (χ4v) is 3.90. The van der Waals surface area contributed by atoms with Crippen LogP contribution in [0.4, 0.5) is 5.69 Å². The second-order valence-corrected chi connectivity index (χ2v) is 8.84. The van der Waals surface area contributed by atoms with Crippen molar-refractivity contribution < 1.29 is 9.59 Å². The largest absolute Gasteiger partial charge is 0.380 e. The lowest BCUT2D eigenvalue weighted by Crippen LogP contribution is -2.32. The third kappa shape index (κ3) is 4.91. The van der Waals surface area contributed by atoms with Crippen LogP contribution < -0.4 is 16.4 Å². The molecule has 8 heteroatoms. The van der Waals surface area contributed by atoms with Crippen molar-refractivity contribution in [1.82, 2.24) is 19.8 Å². The van der Waals surface area contributed by atoms with Gasteiger partial charge in [-0.2, -0.15) is 5.10 Å². The molecule has 1 aromatic carbocycles. The van der Waals surface area contributed by atoms with Gasteiger partial charge in [-0.15, -0.1) is 0 Å². The Kier molecular flexibility index (Phi) is 6.14. The van der Waals surface area contributed by atoms with Crippen LogP contribution in [0.5, 0.6) is 0 Å². The van der Waals surface area contributed by atoms with Gasteiger partial charge >= 0.3 is 0 Å². The summed E-state index contributed by atoms with van der Waals surface area (Å²) in [5, 5.41) is 10.9. The molecule has 0 saturated heterocycles. The minimum Gasteiger partial charge on any atom is -0.380 e. The number of aromatic nitrogens is 2. The third-order valence-electron chi connectivity index (χ3n) is 5.81. The van der Waals surface area contributed by atoms with Gasteiger partial charge in [0.15, 0.2) is 0 Å². The number of hydrogen-bond acceptors (Lipinski definition) is 5. The number of carbonyl (C=O) groups is 2. The summed E-state index contributed by atoms with van der Waals surface area (Å²) in [6.07, 6.45) is 5.87. The smallest absolute Gasteiger partial charge is 0.252 e. The van der Waals surface area contributed by atoms with E-state index in [9.17, 15) is 9.59 Å². The highest BCUT2D eigenvalue weighted by Gasteiger charge is 2.29. The van der Waals surface area contributed by atoms with Gasteiger partial charge in [0.1, 0.15) is 0 Å². The summed E-state index contributed by atoms with van der Waals surface area (Å²) in [7, 11) is 3.73. The minimum atomic E-state index is -0.497. The molecule has 4 rings (SSSR count). The van der Waals surface area contributed by atoms with Crippen LogP contribution in [0.3, 0.4) is 0 Å². The van der Waals surface area contributed by atoms with Gasteiger partial charge in [0.25, 0.3) is 5.91 Å². The van der Waals surface area contributed by atoms with E-state index < -0.39 is 5.91 Å². The first-order valence-electron chi connectivity index (χ1n) is 10.9. The topological polar surface area (TPSA) is 105 Å². The van der Waals surface area contributed by atoms with Crippen molar-refractivity contribution in [3.63, 3.8) is 0 Å². The van der Waals surface area contributed by atoms with Gasteiger partial charge in [0.05, 0.1) is 29.5 Å². The van der Waals surface area contributed by atoms with Gasteiger partial charge in [-0.05, 0) is 63.0 Å². The van der Waals surface area contributed by atoms with E-state index in [0.29, 0.717) is 24.6 Å². The highest BCUT2D eigenvalue weighted by molar-refractivity contribution is 6.02. The summed E-state index contributed by atoms with van der Waals surface area (Å²) in [6.45, 7) is 2.95. The number of anilines is 1. The molecule has 1 fully saturated rings. The minimum absolute atomic E-state index is 0.0151. The number of nitrogens with two attached hydrogens (primary N) is 1. The molecule has 8 nitrogen and oxygen atoms in total. The van der Waals surface area contributed by atoms with Crippen LogP contribution in [0.25, 0.3) is 16.6 Å². The Labute approximate surface area is 187 Å². The predicted octanol–water partition coefficient (Wildman–Crippen LogP) is 2.49. The molecule has 1 atom stereocenters. The molecule has 2 heterocycles. The number of fused-ring (bicyclic) bond motifs is 1. The predicted molar refractivity (Wildman–Crippen MR) is 125 cm³/mol. The lowest BCUT2D eigenvalue weighted by molar-refractivity contribution is -0.121. The Morgan fingerprint density at radius 1 is 1.25 bits per heavy atom. The Morgan fingerprint density at radius 2 is 2.03 bits per heavy atom. The molecule has 4 N–H and O–H groups in total. The summed E-state index contributed by atoms with van der Waals surface area (Å²) in [6, 6.07) is 10.3. The lowest BCUT2D eigenvalue weighted by Gasteiger charge is -2.17. The summed E-state index contributed by atoms with van der Waals surface area (Å²) < 4.78 is 1.77. The van der Waals surface area contributed by atoms with E-state index in [0.717, 1.165) is 27.9 Å². The number of carbonyl (C=O) groups excluding carboxylic acids is 2. The van der Waals surface area contributed by atoms with Crippen molar-refractivity contribution in [1.29, 1.82) is 0 Å². The number of hydrogen-bond donors (Lipinski definition) is 3. The lowest BCUT2D eigenvalue weighted by atomic mass is 10.1. The maximum absolute atomic E-state index is 12.0. The summed E-state index contributed by atoms with van der Waals surface area (Å²) in [5.74, 6) is 0.111. The molecule has 0 radical (unpaired) electrons. The van der Waals surface area contributed by atoms with Gasteiger partial charge in [0.2, 0.25) is 5.91 Å². The zero-order chi connectivity index (χ0) is 22.8. The molecule has 32 heavy (non-hydrogen) atoms. The van der Waals surface area contributed by atoms with Crippen molar-refractivity contribution >= 4 is 23.0 Å². The zero-order valence-electron chi connectivity index (χ0n) is 18.8. The van der Waals surface area contributed by atoms with Crippen molar-refractivity contribution in [2.75, 3.05) is 26.0 Å². The Bertz CT molecular complexity index is 1150. The van der Waals surface area contributed by atoms with E-state index in [1.807, 2.05) is 49.5 Å². The van der Waals surface area contributed by atoms with Crippen LogP contribution in [-0.2, 0) is 11.3 Å². The van der Waals surface area contributed by atoms with E-state index in [2.05, 4.69) is 28.7 Å². The molecule has 2 amide bonds. The van der Waals surface area contributed by atoms with Gasteiger partial charge in [0, 0.05) is 24.3 Å². The van der Waals surface area contributed by atoms with Gasteiger partial charge < -0.3 is 21.3 Å². The highest BCUT2D eigenvalue weighted by Crippen LogP contribution is 2.36. The van der Waals surface area contributed by atoms with E-state index in [-0.39, 0.29) is 11.9 Å². The van der Waals surface area contributed by atoms with Crippen LogP contribution in [-0.4, -0.2) is 53.0 Å². The molecule has 1 saturated carbocycles. The quantitative estimate of drug-likeness (QED) is 0.480. The van der Waals surface area contributed by atoms with Crippen LogP contribution in [0.2, 0.25) is 0 Å². The molecule has 1 aliphatic rings. The number of benzene rings is 1. The zero-order valence-corrected chi connectivity index (χ0v) is 18.8. The van der Waals surface area contributed by atoms with Gasteiger partial charge in [-0.1, -0.05) is 18.2 Å². The number of likely N-dealkylation sites (N-methyl/N-ethyl adjacent to an activating group) is 1. The first kappa shape index (κ1) is 21.8. The first-order chi connectivity index (χ1) is 15.3. The van der Waals surface area contributed by atoms with Crippen molar-refractivity contribution in [3.8, 4) is 11.1 Å². The SMILES string of the molecule is C[C@@H](Nc1c(C(N)=O)cnn2cc(-c3cccc(CNC(=O)CN(C)C)c3)cc12)C1CC1. The van der Waals surface area contributed by atoms with E-state index in [1.54, 1.807) is 4.52 Å². The number of nitrogens with one attached hydrogen (secondary N) is 2. The fraction of sp³-hybridized carbons (Fsp3) is 0.375. The fourth-order valence-electron chi connectivity index (χ4n) is 3.90. The van der Waals surface area contributed by atoms with Crippen LogP contribution in [0.1, 0.15) is 35.7 Å². The van der Waals surface area contributed by atoms with Crippen molar-refractivity contribution in [2.45, 2.75) is 32.4 Å². The molecule has 0 unspecified atom stereocenters. The Hall–Kier alpha value is -3.39. The molecule has 1 aliphatic carbocycles. The third-order valence-corrected chi connectivity index (χ3v) is 5.81. The van der Waals surface area contributed by atoms with Gasteiger partial charge in [-0.25, -0.2) is 4.52 Å². The average molecular weight is 435 g/mol. The molecule has 2 aromatic heterocycles. The van der Waals surface area contributed by atoms with Crippen molar-refractivity contribution in [2.24, 2.45) is 11.7 Å². The highest BCUT2D eigenvalue weighted by atomic mass is 16.2. The molecular formula is C24H30N6O2. The average Bonchev–Trinajstić information content (AvgIpc) is 3.50. The number of amides is 2. The van der Waals surface area contributed by atoms with Gasteiger partial charge in [-0.3, -0.25) is 9.59 Å². The Morgan fingerprint density at radius 3 is 2.72 bits per heavy atom. The monoisotopic (exact) mass is 434 g/mol. The summed E-state index contributed by atoms with van der Waals surface area (Å²) >= 11 is 0. The number of rotatable bonds is 9. The summed E-state index contributed by atoms with van der Waals surface area (Å²) in [5.41, 5.74) is 10.6.